The molecule has 0 amide bonds. The summed E-state index contributed by atoms with van der Waals surface area (Å²) in [6.07, 6.45) is 5.43. The van der Waals surface area contributed by atoms with Gasteiger partial charge in [0.25, 0.3) is 0 Å². The van der Waals surface area contributed by atoms with Gasteiger partial charge in [-0.3, -0.25) is 0 Å². The van der Waals surface area contributed by atoms with Gasteiger partial charge in [0, 0.05) is 38.9 Å². The fourth-order valence-electron chi connectivity index (χ4n) is 11.6. The van der Waals surface area contributed by atoms with Gasteiger partial charge in [-0.25, -0.2) is 0 Å². The number of aromatic nitrogens is 1. The second kappa shape index (κ2) is 11.7. The molecule has 2 heteroatoms. The molecule has 1 heterocycles. The Labute approximate surface area is 312 Å². The summed E-state index contributed by atoms with van der Waals surface area (Å²) in [6.45, 7) is 5.07. The molecule has 7 aromatic carbocycles. The molecule has 1 unspecified atom stereocenters. The van der Waals surface area contributed by atoms with E-state index in [-0.39, 0.29) is 5.41 Å². The summed E-state index contributed by atoms with van der Waals surface area (Å²) < 4.78 is 2.41. The van der Waals surface area contributed by atoms with Gasteiger partial charge in [0.05, 0.1) is 11.0 Å². The smallest absolute Gasteiger partial charge is 0.0541 e. The molecular weight excluding hydrogens is 641 g/mol. The predicted molar refractivity (Wildman–Crippen MR) is 223 cm³/mol. The Kier molecular flexibility index (Phi) is 6.84. The topological polar surface area (TPSA) is 8.17 Å². The lowest BCUT2D eigenvalue weighted by atomic mass is 9.49. The molecular formula is C51H44N2. The van der Waals surface area contributed by atoms with Crippen LogP contribution >= 0.6 is 0 Å². The molecule has 0 saturated heterocycles. The lowest BCUT2D eigenvalue weighted by molar-refractivity contribution is 0.0426. The van der Waals surface area contributed by atoms with E-state index in [9.17, 15) is 0 Å². The minimum atomic E-state index is 0.0907. The van der Waals surface area contributed by atoms with Crippen molar-refractivity contribution in [1.82, 2.24) is 4.57 Å². The lowest BCUT2D eigenvalue weighted by Crippen LogP contribution is -2.49. The van der Waals surface area contributed by atoms with E-state index in [0.717, 1.165) is 17.5 Å². The largest absolute Gasteiger partial charge is 0.310 e. The molecule has 5 atom stereocenters. The number of fused-ring (bicyclic) bond motifs is 12. The van der Waals surface area contributed by atoms with E-state index in [1.165, 1.54) is 86.5 Å². The molecule has 2 bridgehead atoms. The highest BCUT2D eigenvalue weighted by atomic mass is 15.1. The molecule has 2 saturated carbocycles. The fourth-order valence-corrected chi connectivity index (χ4v) is 11.6. The third kappa shape index (κ3) is 4.51. The normalized spacial score (nSPS) is 23.1. The van der Waals surface area contributed by atoms with Crippen molar-refractivity contribution in [3.63, 3.8) is 0 Å². The number of hydrogen-bond acceptors (Lipinski definition) is 1. The van der Waals surface area contributed by atoms with E-state index < -0.39 is 0 Å². The number of nitrogens with zero attached hydrogens (tertiary/aromatic N) is 2. The second-order valence-corrected chi connectivity index (χ2v) is 16.4. The van der Waals surface area contributed by atoms with Crippen molar-refractivity contribution in [3.05, 3.63) is 169 Å². The highest BCUT2D eigenvalue weighted by Crippen LogP contribution is 2.65. The first-order chi connectivity index (χ1) is 26.1. The highest BCUT2D eigenvalue weighted by Gasteiger charge is 2.56. The highest BCUT2D eigenvalue weighted by molar-refractivity contribution is 6.09. The molecule has 2 fully saturated rings. The molecule has 258 valence electrons. The first-order valence-corrected chi connectivity index (χ1v) is 19.7. The van der Waals surface area contributed by atoms with Gasteiger partial charge in [-0.1, -0.05) is 111 Å². The summed E-state index contributed by atoms with van der Waals surface area (Å²) >= 11 is 0. The summed E-state index contributed by atoms with van der Waals surface area (Å²) in [5, 5.41) is 5.08. The van der Waals surface area contributed by atoms with Crippen molar-refractivity contribution < 1.29 is 0 Å². The van der Waals surface area contributed by atoms with Gasteiger partial charge in [-0.05, 0) is 143 Å². The molecule has 3 aliphatic rings. The summed E-state index contributed by atoms with van der Waals surface area (Å²) in [7, 11) is 0. The Morgan fingerprint density at radius 1 is 0.509 bits per heavy atom. The van der Waals surface area contributed by atoms with Crippen LogP contribution in [0, 0.1) is 23.7 Å². The third-order valence-electron chi connectivity index (χ3n) is 13.5. The summed E-state index contributed by atoms with van der Waals surface area (Å²) in [5.41, 5.74) is 13.2. The molecule has 0 radical (unpaired) electrons. The third-order valence-corrected chi connectivity index (χ3v) is 13.5. The van der Waals surface area contributed by atoms with Gasteiger partial charge in [-0.2, -0.15) is 0 Å². The summed E-state index contributed by atoms with van der Waals surface area (Å²) in [5.74, 6) is 2.98. The van der Waals surface area contributed by atoms with Gasteiger partial charge < -0.3 is 9.47 Å². The Hall–Kier alpha value is -5.60. The van der Waals surface area contributed by atoms with Gasteiger partial charge >= 0.3 is 0 Å². The molecule has 11 rings (SSSR count). The standard InChI is InChI=1S/C51H44N2/c1-33-27-35-29-34(2)51(38(28-33)30-35)47-16-8-5-13-43(47)46-32-42(25-26-48(46)51)52(41-20-19-36-11-3-4-12-37(36)31-41)39-21-23-40(24-22-39)53-49-17-9-6-14-44(49)45-15-7-10-18-50(45)53/h3-26,31-35,38H,27-30H2,1-2H3/t33-,34+,35-,38-,51?/m0/s1. The number of benzene rings is 7. The molecule has 53 heavy (non-hydrogen) atoms. The molecule has 2 nitrogen and oxygen atoms in total. The Bertz CT molecular complexity index is 2640. The summed E-state index contributed by atoms with van der Waals surface area (Å²) in [4.78, 5) is 2.47. The van der Waals surface area contributed by atoms with Crippen molar-refractivity contribution in [2.45, 2.75) is 44.9 Å². The maximum Gasteiger partial charge on any atom is 0.0541 e. The monoisotopic (exact) mass is 684 g/mol. The Balaban J connectivity index is 1.08. The van der Waals surface area contributed by atoms with Crippen LogP contribution in [0.15, 0.2) is 158 Å². The zero-order chi connectivity index (χ0) is 35.3. The molecule has 3 aliphatic carbocycles. The number of hydrogen-bond donors (Lipinski definition) is 0. The van der Waals surface area contributed by atoms with Crippen LogP contribution in [0.4, 0.5) is 17.1 Å². The molecule has 1 aromatic heterocycles. The number of anilines is 3. The summed E-state index contributed by atoms with van der Waals surface area (Å²) in [6, 6.07) is 59.2. The van der Waals surface area contributed by atoms with E-state index in [1.807, 2.05) is 0 Å². The van der Waals surface area contributed by atoms with E-state index in [2.05, 4.69) is 181 Å². The van der Waals surface area contributed by atoms with Crippen LogP contribution in [0.5, 0.6) is 0 Å². The van der Waals surface area contributed by atoms with Crippen molar-refractivity contribution in [3.8, 4) is 16.8 Å². The number of para-hydroxylation sites is 2. The zero-order valence-corrected chi connectivity index (χ0v) is 30.5. The molecule has 8 aromatic rings. The van der Waals surface area contributed by atoms with Crippen LogP contribution in [0.3, 0.4) is 0 Å². The molecule has 0 aliphatic heterocycles. The van der Waals surface area contributed by atoms with Crippen molar-refractivity contribution in [1.29, 1.82) is 0 Å². The van der Waals surface area contributed by atoms with Crippen LogP contribution in [-0.4, -0.2) is 4.57 Å². The molecule has 1 spiro atoms. The Morgan fingerprint density at radius 2 is 1.13 bits per heavy atom. The second-order valence-electron chi connectivity index (χ2n) is 16.4. The van der Waals surface area contributed by atoms with Crippen LogP contribution in [0.2, 0.25) is 0 Å². The van der Waals surface area contributed by atoms with Crippen molar-refractivity contribution in [2.75, 3.05) is 4.90 Å². The van der Waals surface area contributed by atoms with Gasteiger partial charge in [0.2, 0.25) is 0 Å². The first kappa shape index (κ1) is 31.0. The minimum Gasteiger partial charge on any atom is -0.310 e. The van der Waals surface area contributed by atoms with E-state index in [1.54, 1.807) is 11.1 Å². The average Bonchev–Trinajstić information content (AvgIpc) is 3.68. The van der Waals surface area contributed by atoms with E-state index in [0.29, 0.717) is 11.8 Å². The van der Waals surface area contributed by atoms with Gasteiger partial charge in [0.1, 0.15) is 0 Å². The SMILES string of the molecule is C[C@H]1C[C@@H]2C[C@H](C1)C1(c3ccccc3-c3cc(N(c4ccc(-n5c6ccccc6c6ccccc65)cc4)c4ccc5ccccc5c4)ccc31)[C@H](C)C2. The minimum absolute atomic E-state index is 0.0907. The van der Waals surface area contributed by atoms with Crippen LogP contribution in [-0.2, 0) is 5.41 Å². The predicted octanol–water partition coefficient (Wildman–Crippen LogP) is 13.8. The van der Waals surface area contributed by atoms with E-state index >= 15 is 0 Å². The Morgan fingerprint density at radius 3 is 1.92 bits per heavy atom. The van der Waals surface area contributed by atoms with Crippen LogP contribution in [0.25, 0.3) is 49.4 Å². The van der Waals surface area contributed by atoms with E-state index in [4.69, 9.17) is 0 Å². The maximum absolute atomic E-state index is 2.56. The first-order valence-electron chi connectivity index (χ1n) is 19.7. The van der Waals surface area contributed by atoms with Crippen LogP contribution in [0.1, 0.15) is 50.7 Å². The van der Waals surface area contributed by atoms with Gasteiger partial charge in [-0.15, -0.1) is 0 Å². The van der Waals surface area contributed by atoms with Gasteiger partial charge in [0.15, 0.2) is 0 Å². The lowest BCUT2D eigenvalue weighted by Gasteiger charge is -2.54. The van der Waals surface area contributed by atoms with Crippen molar-refractivity contribution in [2.24, 2.45) is 23.7 Å². The maximum atomic E-state index is 2.56. The zero-order valence-electron chi connectivity index (χ0n) is 30.5. The fraction of sp³-hybridized carbons (Fsp3) is 0.216. The molecule has 0 N–H and O–H groups in total. The van der Waals surface area contributed by atoms with Crippen LogP contribution < -0.4 is 4.90 Å². The quantitative estimate of drug-likeness (QED) is 0.179. The average molecular weight is 685 g/mol. The van der Waals surface area contributed by atoms with Crippen molar-refractivity contribution >= 4 is 49.6 Å². The number of rotatable bonds is 4.